The Morgan fingerprint density at radius 3 is 3.05 bits per heavy atom. The van der Waals surface area contributed by atoms with Crippen molar-refractivity contribution in [2.45, 2.75) is 6.42 Å². The van der Waals surface area contributed by atoms with Crippen LogP contribution in [0.15, 0.2) is 36.7 Å². The monoisotopic (exact) mass is 300 g/mol. The van der Waals surface area contributed by atoms with E-state index in [1.807, 2.05) is 18.2 Å². The molecule has 0 unspecified atom stereocenters. The lowest BCUT2D eigenvalue weighted by Crippen LogP contribution is -2.25. The van der Waals surface area contributed by atoms with E-state index in [4.69, 9.17) is 4.74 Å². The van der Waals surface area contributed by atoms with Gasteiger partial charge in [-0.25, -0.2) is 0 Å². The molecule has 0 saturated heterocycles. The Morgan fingerprint density at radius 1 is 1.29 bits per heavy atom. The number of aromatic nitrogens is 1. The number of rotatable bonds is 4. The Balaban J connectivity index is 1.87. The molecule has 1 amide bonds. The molecule has 5 heteroatoms. The molecule has 1 aliphatic rings. The largest absolute Gasteiger partial charge is 0.493 e. The second-order valence-corrected chi connectivity index (χ2v) is 5.31. The summed E-state index contributed by atoms with van der Waals surface area (Å²) in [7, 11) is 0. The summed E-state index contributed by atoms with van der Waals surface area (Å²) in [5, 5.41) is 2.79. The number of ether oxygens (including phenoxy) is 1. The molecule has 2 aromatic rings. The molecule has 4 nitrogen and oxygen atoms in total. The molecule has 0 radical (unpaired) electrons. The van der Waals surface area contributed by atoms with Crippen LogP contribution in [0.2, 0.25) is 0 Å². The fourth-order valence-corrected chi connectivity index (χ4v) is 2.47. The number of nitrogens with one attached hydrogen (secondary N) is 1. The molecule has 0 spiro atoms. The zero-order valence-corrected chi connectivity index (χ0v) is 12.4. The number of carbonyl (C=O) groups is 1. The molecule has 0 atom stereocenters. The number of thiol groups is 1. The van der Waals surface area contributed by atoms with Gasteiger partial charge in [-0.2, -0.15) is 12.6 Å². The number of amides is 1. The molecule has 108 valence electrons. The van der Waals surface area contributed by atoms with E-state index >= 15 is 0 Å². The highest BCUT2D eigenvalue weighted by atomic mass is 32.1. The Hall–Kier alpha value is -2.01. The van der Waals surface area contributed by atoms with E-state index in [1.54, 1.807) is 12.4 Å². The van der Waals surface area contributed by atoms with Crippen LogP contribution in [0.5, 0.6) is 5.75 Å². The molecule has 2 heterocycles. The van der Waals surface area contributed by atoms with Gasteiger partial charge in [-0.1, -0.05) is 6.07 Å². The van der Waals surface area contributed by atoms with Crippen molar-refractivity contribution in [1.82, 2.24) is 10.3 Å². The molecule has 21 heavy (non-hydrogen) atoms. The first kappa shape index (κ1) is 13.9. The van der Waals surface area contributed by atoms with Crippen LogP contribution in [0.1, 0.15) is 15.9 Å². The summed E-state index contributed by atoms with van der Waals surface area (Å²) in [4.78, 5) is 16.1. The Labute approximate surface area is 129 Å². The summed E-state index contributed by atoms with van der Waals surface area (Å²) in [6, 6.07) is 7.94. The predicted molar refractivity (Wildman–Crippen MR) is 85.1 cm³/mol. The molecule has 1 aromatic heterocycles. The zero-order valence-electron chi connectivity index (χ0n) is 11.5. The first-order chi connectivity index (χ1) is 10.3. The summed E-state index contributed by atoms with van der Waals surface area (Å²) in [6.45, 7) is 1.28. The smallest absolute Gasteiger partial charge is 0.252 e. The Kier molecular flexibility index (Phi) is 4.10. The van der Waals surface area contributed by atoms with Crippen molar-refractivity contribution >= 4 is 18.5 Å². The maximum absolute atomic E-state index is 12.0. The molecule has 0 aliphatic carbocycles. The second kappa shape index (κ2) is 6.18. The van der Waals surface area contributed by atoms with E-state index in [0.717, 1.165) is 29.9 Å². The van der Waals surface area contributed by atoms with Crippen LogP contribution in [0.4, 0.5) is 0 Å². The third-order valence-electron chi connectivity index (χ3n) is 3.42. The predicted octanol–water partition coefficient (Wildman–Crippen LogP) is 2.34. The summed E-state index contributed by atoms with van der Waals surface area (Å²) < 4.78 is 5.51. The van der Waals surface area contributed by atoms with Crippen LogP contribution in [0, 0.1) is 0 Å². The highest BCUT2D eigenvalue weighted by molar-refractivity contribution is 7.80. The van der Waals surface area contributed by atoms with Crippen molar-refractivity contribution in [2.75, 3.05) is 18.9 Å². The molecule has 3 rings (SSSR count). The first-order valence-corrected chi connectivity index (χ1v) is 7.51. The van der Waals surface area contributed by atoms with Gasteiger partial charge < -0.3 is 10.1 Å². The topological polar surface area (TPSA) is 51.2 Å². The maximum atomic E-state index is 12.0. The van der Waals surface area contributed by atoms with Crippen LogP contribution in [0.25, 0.3) is 11.1 Å². The van der Waals surface area contributed by atoms with E-state index in [-0.39, 0.29) is 5.91 Å². The Morgan fingerprint density at radius 2 is 2.19 bits per heavy atom. The van der Waals surface area contributed by atoms with Crippen molar-refractivity contribution in [2.24, 2.45) is 0 Å². The normalized spacial score (nSPS) is 12.6. The molecule has 0 bridgehead atoms. The van der Waals surface area contributed by atoms with Gasteiger partial charge in [-0.15, -0.1) is 0 Å². The molecule has 1 N–H and O–H groups in total. The van der Waals surface area contributed by atoms with Gasteiger partial charge in [0.15, 0.2) is 0 Å². The highest BCUT2D eigenvalue weighted by Crippen LogP contribution is 2.30. The summed E-state index contributed by atoms with van der Waals surface area (Å²) in [6.07, 6.45) is 4.28. The first-order valence-electron chi connectivity index (χ1n) is 6.88. The van der Waals surface area contributed by atoms with Gasteiger partial charge in [-0.05, 0) is 29.3 Å². The Bertz CT molecular complexity index is 673. The fraction of sp³-hybridized carbons (Fsp3) is 0.250. The number of nitrogens with zero attached hydrogens (tertiary/aromatic N) is 1. The quantitative estimate of drug-likeness (QED) is 0.852. The molecular weight excluding hydrogens is 284 g/mol. The van der Waals surface area contributed by atoms with Gasteiger partial charge in [0.1, 0.15) is 5.75 Å². The van der Waals surface area contributed by atoms with E-state index in [9.17, 15) is 4.79 Å². The van der Waals surface area contributed by atoms with Gasteiger partial charge in [0.05, 0.1) is 12.2 Å². The number of benzene rings is 1. The van der Waals surface area contributed by atoms with Crippen LogP contribution in [-0.2, 0) is 6.42 Å². The lowest BCUT2D eigenvalue weighted by atomic mass is 10.0. The highest BCUT2D eigenvalue weighted by Gasteiger charge is 2.13. The van der Waals surface area contributed by atoms with E-state index in [1.165, 1.54) is 5.56 Å². The SMILES string of the molecule is O=C(NCCS)c1cncc(-c2ccc3c(c2)CCO3)c1. The minimum atomic E-state index is -0.122. The zero-order chi connectivity index (χ0) is 14.7. The van der Waals surface area contributed by atoms with Crippen molar-refractivity contribution in [1.29, 1.82) is 0 Å². The van der Waals surface area contributed by atoms with Crippen LogP contribution < -0.4 is 10.1 Å². The average Bonchev–Trinajstić information content (AvgIpc) is 3.00. The summed E-state index contributed by atoms with van der Waals surface area (Å²) in [5.41, 5.74) is 3.75. The lowest BCUT2D eigenvalue weighted by Gasteiger charge is -2.07. The van der Waals surface area contributed by atoms with Crippen molar-refractivity contribution in [3.63, 3.8) is 0 Å². The fourth-order valence-electron chi connectivity index (χ4n) is 2.36. The van der Waals surface area contributed by atoms with Gasteiger partial charge in [0.25, 0.3) is 5.91 Å². The van der Waals surface area contributed by atoms with Crippen molar-refractivity contribution in [3.8, 4) is 16.9 Å². The van der Waals surface area contributed by atoms with Crippen LogP contribution in [-0.4, -0.2) is 29.8 Å². The maximum Gasteiger partial charge on any atom is 0.252 e. The van der Waals surface area contributed by atoms with Gasteiger partial charge in [0, 0.05) is 36.7 Å². The lowest BCUT2D eigenvalue weighted by molar-refractivity contribution is 0.0956. The minimum Gasteiger partial charge on any atom is -0.493 e. The third kappa shape index (κ3) is 3.03. The minimum absolute atomic E-state index is 0.122. The summed E-state index contributed by atoms with van der Waals surface area (Å²) in [5.74, 6) is 1.45. The molecule has 1 aromatic carbocycles. The van der Waals surface area contributed by atoms with E-state index in [2.05, 4.69) is 29.0 Å². The molecule has 0 fully saturated rings. The van der Waals surface area contributed by atoms with E-state index in [0.29, 0.717) is 17.9 Å². The second-order valence-electron chi connectivity index (χ2n) is 4.86. The average molecular weight is 300 g/mol. The molecular formula is C16H16N2O2S. The van der Waals surface area contributed by atoms with Gasteiger partial charge in [0.2, 0.25) is 0 Å². The number of pyridine rings is 1. The van der Waals surface area contributed by atoms with Gasteiger partial charge in [-0.3, -0.25) is 9.78 Å². The number of hydrogen-bond acceptors (Lipinski definition) is 4. The third-order valence-corrected chi connectivity index (χ3v) is 3.64. The van der Waals surface area contributed by atoms with Crippen LogP contribution >= 0.6 is 12.6 Å². The van der Waals surface area contributed by atoms with Crippen LogP contribution in [0.3, 0.4) is 0 Å². The van der Waals surface area contributed by atoms with Crippen molar-refractivity contribution in [3.05, 3.63) is 47.8 Å². The summed E-state index contributed by atoms with van der Waals surface area (Å²) >= 11 is 4.08. The number of hydrogen-bond donors (Lipinski definition) is 2. The van der Waals surface area contributed by atoms with Crippen molar-refractivity contribution < 1.29 is 9.53 Å². The molecule has 0 saturated carbocycles. The van der Waals surface area contributed by atoms with Gasteiger partial charge >= 0.3 is 0 Å². The van der Waals surface area contributed by atoms with E-state index < -0.39 is 0 Å². The number of carbonyl (C=O) groups excluding carboxylic acids is 1. The number of fused-ring (bicyclic) bond motifs is 1. The standard InChI is InChI=1S/C16H16N2O2S/c19-16(18-4-6-21)14-8-13(9-17-10-14)11-1-2-15-12(7-11)3-5-20-15/h1-2,7-10,21H,3-6H2,(H,18,19). The molecule has 1 aliphatic heterocycles.